The van der Waals surface area contributed by atoms with E-state index < -0.39 is 11.3 Å². The zero-order chi connectivity index (χ0) is 18.6. The van der Waals surface area contributed by atoms with Gasteiger partial charge in [-0.25, -0.2) is 9.97 Å². The molecule has 0 spiro atoms. The van der Waals surface area contributed by atoms with Crippen molar-refractivity contribution in [3.63, 3.8) is 0 Å². The smallest absolute Gasteiger partial charge is 0.260 e. The van der Waals surface area contributed by atoms with E-state index in [-0.39, 0.29) is 5.56 Å². The fourth-order valence-electron chi connectivity index (χ4n) is 2.94. The summed E-state index contributed by atoms with van der Waals surface area (Å²) in [6.07, 6.45) is 10.8. The van der Waals surface area contributed by atoms with Crippen molar-refractivity contribution in [2.45, 2.75) is 0 Å². The number of carbonyl (C=O) groups excluding carboxylic acids is 1. The van der Waals surface area contributed by atoms with Crippen molar-refractivity contribution >= 4 is 22.8 Å². The Balaban J connectivity index is 1.92. The van der Waals surface area contributed by atoms with E-state index in [0.29, 0.717) is 22.2 Å². The van der Waals surface area contributed by atoms with Crippen molar-refractivity contribution in [2.24, 2.45) is 0 Å². The second-order valence-electron chi connectivity index (χ2n) is 5.86. The van der Waals surface area contributed by atoms with Crippen LogP contribution in [-0.2, 0) is 0 Å². The van der Waals surface area contributed by atoms with E-state index in [1.807, 2.05) is 30.3 Å². The van der Waals surface area contributed by atoms with Crippen LogP contribution in [0.25, 0.3) is 28.1 Å². The van der Waals surface area contributed by atoms with Crippen LogP contribution in [0, 0.1) is 0 Å². The van der Waals surface area contributed by atoms with Gasteiger partial charge in [0.1, 0.15) is 6.33 Å². The number of nitrogens with one attached hydrogen (secondary N) is 1. The van der Waals surface area contributed by atoms with Gasteiger partial charge >= 0.3 is 0 Å². The number of carbonyl (C=O) groups is 1. The lowest BCUT2D eigenvalue weighted by Gasteiger charge is -2.10. The second kappa shape index (κ2) is 7.13. The third-order valence-electron chi connectivity index (χ3n) is 4.13. The SMILES string of the molecule is O=C(/C=C/c1cncnc1)c1c(-c2cccnc2)c2ccccc2[nH]c1=O. The number of ketones is 1. The van der Waals surface area contributed by atoms with Gasteiger partial charge in [-0.1, -0.05) is 24.3 Å². The molecule has 0 bridgehead atoms. The maximum Gasteiger partial charge on any atom is 0.260 e. The molecular formula is C21H14N4O2. The Labute approximate surface area is 154 Å². The first-order valence-electron chi connectivity index (χ1n) is 8.27. The number of aromatic nitrogens is 4. The van der Waals surface area contributed by atoms with Gasteiger partial charge < -0.3 is 4.98 Å². The summed E-state index contributed by atoms with van der Waals surface area (Å²) in [4.78, 5) is 40.4. The number of benzene rings is 1. The van der Waals surface area contributed by atoms with Crippen LogP contribution in [0.1, 0.15) is 15.9 Å². The predicted molar refractivity (Wildman–Crippen MR) is 103 cm³/mol. The quantitative estimate of drug-likeness (QED) is 0.449. The molecule has 0 fully saturated rings. The van der Waals surface area contributed by atoms with Crippen LogP contribution in [0.3, 0.4) is 0 Å². The molecule has 1 aromatic carbocycles. The van der Waals surface area contributed by atoms with Gasteiger partial charge in [-0.2, -0.15) is 0 Å². The first kappa shape index (κ1) is 16.5. The zero-order valence-corrected chi connectivity index (χ0v) is 14.2. The van der Waals surface area contributed by atoms with E-state index in [1.165, 1.54) is 12.4 Å². The van der Waals surface area contributed by atoms with Crippen LogP contribution in [-0.4, -0.2) is 25.7 Å². The fourth-order valence-corrected chi connectivity index (χ4v) is 2.94. The van der Waals surface area contributed by atoms with E-state index in [1.54, 1.807) is 36.9 Å². The van der Waals surface area contributed by atoms with E-state index >= 15 is 0 Å². The number of aromatic amines is 1. The van der Waals surface area contributed by atoms with Crippen molar-refractivity contribution in [3.8, 4) is 11.1 Å². The average molecular weight is 354 g/mol. The van der Waals surface area contributed by atoms with Gasteiger partial charge in [0.25, 0.3) is 5.56 Å². The Morgan fingerprint density at radius 3 is 2.56 bits per heavy atom. The highest BCUT2D eigenvalue weighted by Gasteiger charge is 2.19. The molecule has 0 aliphatic heterocycles. The van der Waals surface area contributed by atoms with Gasteiger partial charge in [0.2, 0.25) is 0 Å². The molecule has 0 amide bonds. The van der Waals surface area contributed by atoms with Crippen LogP contribution in [0.15, 0.2) is 78.4 Å². The number of pyridine rings is 2. The summed E-state index contributed by atoms with van der Waals surface area (Å²) in [5, 5.41) is 0.782. The normalized spacial score (nSPS) is 11.1. The number of hydrogen-bond acceptors (Lipinski definition) is 5. The Hall–Kier alpha value is -3.93. The number of para-hydroxylation sites is 1. The molecule has 0 radical (unpaired) electrons. The maximum absolute atomic E-state index is 12.9. The third kappa shape index (κ3) is 3.28. The van der Waals surface area contributed by atoms with Crippen molar-refractivity contribution in [2.75, 3.05) is 0 Å². The third-order valence-corrected chi connectivity index (χ3v) is 4.13. The van der Waals surface area contributed by atoms with Gasteiger partial charge in [-0.05, 0) is 24.3 Å². The first-order valence-corrected chi connectivity index (χ1v) is 8.27. The van der Waals surface area contributed by atoms with Crippen molar-refractivity contribution < 1.29 is 4.79 Å². The monoisotopic (exact) mass is 354 g/mol. The largest absolute Gasteiger partial charge is 0.321 e. The lowest BCUT2D eigenvalue weighted by atomic mass is 9.95. The van der Waals surface area contributed by atoms with Crippen LogP contribution in [0.2, 0.25) is 0 Å². The van der Waals surface area contributed by atoms with Crippen molar-refractivity contribution in [3.05, 3.63) is 95.1 Å². The summed E-state index contributed by atoms with van der Waals surface area (Å²) in [6.45, 7) is 0. The average Bonchev–Trinajstić information content (AvgIpc) is 2.72. The lowest BCUT2D eigenvalue weighted by molar-refractivity contribution is 0.104. The van der Waals surface area contributed by atoms with E-state index in [2.05, 4.69) is 19.9 Å². The van der Waals surface area contributed by atoms with E-state index in [9.17, 15) is 9.59 Å². The number of fused-ring (bicyclic) bond motifs is 1. The molecule has 3 heterocycles. The minimum absolute atomic E-state index is 0.0785. The van der Waals surface area contributed by atoms with Crippen molar-refractivity contribution in [1.29, 1.82) is 0 Å². The highest BCUT2D eigenvalue weighted by molar-refractivity contribution is 6.14. The van der Waals surface area contributed by atoms with Crippen LogP contribution >= 0.6 is 0 Å². The topological polar surface area (TPSA) is 88.6 Å². The molecule has 0 aliphatic carbocycles. The summed E-state index contributed by atoms with van der Waals surface area (Å²) >= 11 is 0. The van der Waals surface area contributed by atoms with Gasteiger partial charge in [-0.3, -0.25) is 14.6 Å². The molecule has 0 saturated heterocycles. The van der Waals surface area contributed by atoms with Gasteiger partial charge in [0.05, 0.1) is 5.56 Å². The second-order valence-corrected chi connectivity index (χ2v) is 5.86. The molecule has 4 aromatic rings. The van der Waals surface area contributed by atoms with Crippen molar-refractivity contribution in [1.82, 2.24) is 19.9 Å². The van der Waals surface area contributed by atoms with Gasteiger partial charge in [-0.15, -0.1) is 0 Å². The molecule has 0 atom stereocenters. The molecular weight excluding hydrogens is 340 g/mol. The number of H-pyrrole nitrogens is 1. The Kier molecular flexibility index (Phi) is 4.37. The fraction of sp³-hybridized carbons (Fsp3) is 0. The van der Waals surface area contributed by atoms with Crippen LogP contribution in [0.5, 0.6) is 0 Å². The molecule has 6 nitrogen and oxygen atoms in total. The predicted octanol–water partition coefficient (Wildman–Crippen LogP) is 3.28. The summed E-state index contributed by atoms with van der Waals surface area (Å²) < 4.78 is 0. The van der Waals surface area contributed by atoms with E-state index in [0.717, 1.165) is 5.39 Å². The summed E-state index contributed by atoms with van der Waals surface area (Å²) in [6, 6.07) is 11.0. The number of hydrogen-bond donors (Lipinski definition) is 1. The van der Waals surface area contributed by atoms with Crippen LogP contribution in [0.4, 0.5) is 0 Å². The zero-order valence-electron chi connectivity index (χ0n) is 14.2. The van der Waals surface area contributed by atoms with Crippen LogP contribution < -0.4 is 5.56 Å². The molecule has 0 aliphatic rings. The molecule has 1 N–H and O–H groups in total. The number of rotatable bonds is 4. The summed E-state index contributed by atoms with van der Waals surface area (Å²) in [5.74, 6) is -0.398. The summed E-state index contributed by atoms with van der Waals surface area (Å²) in [5.41, 5.74) is 2.26. The molecule has 130 valence electrons. The lowest BCUT2D eigenvalue weighted by Crippen LogP contribution is -2.18. The minimum Gasteiger partial charge on any atom is -0.321 e. The van der Waals surface area contributed by atoms with Gasteiger partial charge in [0.15, 0.2) is 5.78 Å². The van der Waals surface area contributed by atoms with E-state index in [4.69, 9.17) is 0 Å². The standard InChI is InChI=1S/C21H14N4O2/c26-18(8-7-14-10-23-13-24-11-14)20-19(15-4-3-9-22-12-15)16-5-1-2-6-17(16)25-21(20)27/h1-13H,(H,25,27)/b8-7+. The summed E-state index contributed by atoms with van der Waals surface area (Å²) in [7, 11) is 0. The highest BCUT2D eigenvalue weighted by Crippen LogP contribution is 2.29. The molecule has 3 aromatic heterocycles. The molecule has 0 saturated carbocycles. The highest BCUT2D eigenvalue weighted by atomic mass is 16.1. The molecule has 6 heteroatoms. The number of allylic oxidation sites excluding steroid dienone is 1. The Bertz CT molecular complexity index is 1200. The number of nitrogens with zero attached hydrogens (tertiary/aromatic N) is 3. The molecule has 27 heavy (non-hydrogen) atoms. The Morgan fingerprint density at radius 1 is 0.963 bits per heavy atom. The first-order chi connectivity index (χ1) is 13.2. The van der Waals surface area contributed by atoms with Gasteiger partial charge in [0, 0.05) is 52.4 Å². The maximum atomic E-state index is 12.9. The Morgan fingerprint density at radius 2 is 1.78 bits per heavy atom. The molecule has 4 rings (SSSR count). The minimum atomic E-state index is -0.438. The molecule has 0 unspecified atom stereocenters.